The van der Waals surface area contributed by atoms with Crippen LogP contribution < -0.4 is 5.73 Å². The van der Waals surface area contributed by atoms with Gasteiger partial charge in [0.05, 0.1) is 13.0 Å². The van der Waals surface area contributed by atoms with E-state index >= 15 is 0 Å². The van der Waals surface area contributed by atoms with Crippen molar-refractivity contribution in [3.63, 3.8) is 0 Å². The Hall–Kier alpha value is -0.810. The molecule has 0 spiro atoms. The molecule has 0 rings (SSSR count). The predicted octanol–water partition coefficient (Wildman–Crippen LogP) is 0.655. The molecule has 0 saturated heterocycles. The first-order valence-electron chi connectivity index (χ1n) is 4.28. The van der Waals surface area contributed by atoms with E-state index in [0.29, 0.717) is 0 Å². The highest BCUT2D eigenvalue weighted by Gasteiger charge is 2.40. The number of carboxylic acid groups (broad SMARTS) is 1. The molecule has 3 N–H and O–H groups in total. The third kappa shape index (κ3) is 4.48. The quantitative estimate of drug-likeness (QED) is 0.706. The van der Waals surface area contributed by atoms with Crippen LogP contribution in [0.1, 0.15) is 20.8 Å². The molecular formula is C9H18ClNO4. The number of nitrogens with two attached hydrogens (primary N) is 1. The topological polar surface area (TPSA) is 89.6 Å². The van der Waals surface area contributed by atoms with Crippen molar-refractivity contribution in [1.29, 1.82) is 0 Å². The normalized spacial score (nSPS) is 14.7. The molecule has 0 aromatic carbocycles. The van der Waals surface area contributed by atoms with Gasteiger partial charge in [-0.15, -0.1) is 12.4 Å². The van der Waals surface area contributed by atoms with E-state index in [0.717, 1.165) is 0 Å². The van der Waals surface area contributed by atoms with Crippen molar-refractivity contribution in [3.05, 3.63) is 0 Å². The first kappa shape index (κ1) is 16.6. The molecule has 15 heavy (non-hydrogen) atoms. The molecule has 0 amide bonds. The molecular weight excluding hydrogens is 222 g/mol. The second-order valence-corrected chi connectivity index (χ2v) is 4.23. The zero-order valence-electron chi connectivity index (χ0n) is 9.31. The molecule has 0 aromatic rings. The van der Waals surface area contributed by atoms with E-state index in [-0.39, 0.29) is 12.4 Å². The summed E-state index contributed by atoms with van der Waals surface area (Å²) in [5, 5.41) is 8.73. The predicted molar refractivity (Wildman–Crippen MR) is 57.8 cm³/mol. The average molecular weight is 240 g/mol. The van der Waals surface area contributed by atoms with Crippen LogP contribution in [0.25, 0.3) is 0 Å². The number of carbonyl (C=O) groups excluding carboxylic acids is 1. The minimum Gasteiger partial charge on any atom is -0.480 e. The van der Waals surface area contributed by atoms with Gasteiger partial charge in [0, 0.05) is 0 Å². The van der Waals surface area contributed by atoms with E-state index < -0.39 is 29.3 Å². The molecule has 1 unspecified atom stereocenters. The molecule has 0 fully saturated rings. The lowest BCUT2D eigenvalue weighted by molar-refractivity contribution is -0.156. The molecule has 0 aliphatic rings. The Balaban J connectivity index is 0. The smallest absolute Gasteiger partial charge is 0.321 e. The van der Waals surface area contributed by atoms with Crippen LogP contribution in [-0.2, 0) is 14.3 Å². The van der Waals surface area contributed by atoms with Crippen molar-refractivity contribution < 1.29 is 19.4 Å². The number of rotatable bonds is 3. The van der Waals surface area contributed by atoms with Gasteiger partial charge in [-0.3, -0.25) is 9.59 Å². The summed E-state index contributed by atoms with van der Waals surface area (Å²) in [5.74, 6) is -2.63. The number of carboxylic acids is 1. The summed E-state index contributed by atoms with van der Waals surface area (Å²) in [6, 6.07) is -1.23. The van der Waals surface area contributed by atoms with Gasteiger partial charge in [0.1, 0.15) is 6.04 Å². The van der Waals surface area contributed by atoms with Crippen molar-refractivity contribution in [1.82, 2.24) is 0 Å². The fourth-order valence-electron chi connectivity index (χ4n) is 1.31. The van der Waals surface area contributed by atoms with Crippen molar-refractivity contribution in [3.8, 4) is 0 Å². The Labute approximate surface area is 95.4 Å². The second-order valence-electron chi connectivity index (χ2n) is 4.23. The van der Waals surface area contributed by atoms with Gasteiger partial charge in [-0.05, 0) is 5.41 Å². The molecule has 0 aliphatic carbocycles. The van der Waals surface area contributed by atoms with Gasteiger partial charge in [0.15, 0.2) is 0 Å². The van der Waals surface area contributed by atoms with Crippen LogP contribution >= 0.6 is 12.4 Å². The maximum Gasteiger partial charge on any atom is 0.321 e. The van der Waals surface area contributed by atoms with Gasteiger partial charge in [0.25, 0.3) is 0 Å². The molecule has 6 heteroatoms. The first-order chi connectivity index (χ1) is 6.21. The average Bonchev–Trinajstić information content (AvgIpc) is 2.01. The lowest BCUT2D eigenvalue weighted by atomic mass is 9.76. The number of ether oxygens (including phenoxy) is 1. The Morgan fingerprint density at radius 3 is 1.93 bits per heavy atom. The van der Waals surface area contributed by atoms with E-state index in [4.69, 9.17) is 10.8 Å². The number of hydrogen-bond donors (Lipinski definition) is 2. The van der Waals surface area contributed by atoms with Gasteiger partial charge >= 0.3 is 11.9 Å². The summed E-state index contributed by atoms with van der Waals surface area (Å²) in [6.45, 7) is 5.24. The molecule has 0 aromatic heterocycles. The van der Waals surface area contributed by atoms with E-state index in [9.17, 15) is 9.59 Å². The minimum atomic E-state index is -1.23. The number of halogens is 1. The zero-order valence-corrected chi connectivity index (χ0v) is 10.1. The third-order valence-corrected chi connectivity index (χ3v) is 2.03. The molecule has 0 heterocycles. The Morgan fingerprint density at radius 1 is 1.33 bits per heavy atom. The molecule has 90 valence electrons. The van der Waals surface area contributed by atoms with E-state index in [2.05, 4.69) is 4.74 Å². The van der Waals surface area contributed by atoms with Gasteiger partial charge in [-0.2, -0.15) is 0 Å². The number of hydrogen-bond acceptors (Lipinski definition) is 4. The van der Waals surface area contributed by atoms with Crippen LogP contribution in [-0.4, -0.2) is 30.2 Å². The maximum atomic E-state index is 11.3. The maximum absolute atomic E-state index is 11.3. The van der Waals surface area contributed by atoms with Crippen LogP contribution in [0.2, 0.25) is 0 Å². The first-order valence-corrected chi connectivity index (χ1v) is 4.28. The van der Waals surface area contributed by atoms with Crippen molar-refractivity contribution in [2.45, 2.75) is 26.8 Å². The number of esters is 1. The summed E-state index contributed by atoms with van der Waals surface area (Å²) in [6.07, 6.45) is 0. The molecule has 0 saturated carbocycles. The molecule has 2 atom stereocenters. The number of methoxy groups -OCH3 is 1. The van der Waals surface area contributed by atoms with Gasteiger partial charge in [-0.1, -0.05) is 20.8 Å². The van der Waals surface area contributed by atoms with Crippen LogP contribution in [0.4, 0.5) is 0 Å². The summed E-state index contributed by atoms with van der Waals surface area (Å²) < 4.78 is 4.53. The summed E-state index contributed by atoms with van der Waals surface area (Å²) in [4.78, 5) is 22.0. The molecule has 0 radical (unpaired) electrons. The van der Waals surface area contributed by atoms with Gasteiger partial charge in [-0.25, -0.2) is 0 Å². The lowest BCUT2D eigenvalue weighted by Gasteiger charge is -2.30. The second kappa shape index (κ2) is 5.92. The van der Waals surface area contributed by atoms with E-state index in [1.165, 1.54) is 7.11 Å². The van der Waals surface area contributed by atoms with E-state index in [1.807, 2.05) is 0 Å². The number of aliphatic carboxylic acids is 1. The summed E-state index contributed by atoms with van der Waals surface area (Å²) in [5.41, 5.74) is 4.89. The van der Waals surface area contributed by atoms with Crippen molar-refractivity contribution >= 4 is 24.3 Å². The van der Waals surface area contributed by atoms with Crippen molar-refractivity contribution in [2.24, 2.45) is 17.1 Å². The highest BCUT2D eigenvalue weighted by Crippen LogP contribution is 2.29. The number of carbonyl (C=O) groups is 2. The fraction of sp³-hybridized carbons (Fsp3) is 0.778. The fourth-order valence-corrected chi connectivity index (χ4v) is 1.31. The van der Waals surface area contributed by atoms with Crippen LogP contribution in [0.5, 0.6) is 0 Å². The van der Waals surface area contributed by atoms with Crippen molar-refractivity contribution in [2.75, 3.05) is 7.11 Å². The Bertz CT molecular complexity index is 237. The highest BCUT2D eigenvalue weighted by atomic mass is 35.5. The zero-order chi connectivity index (χ0) is 11.5. The highest BCUT2D eigenvalue weighted by molar-refractivity contribution is 5.85. The SMILES string of the molecule is COC(=O)C([C@H](N)C(=O)O)C(C)(C)C.Cl. The monoisotopic (exact) mass is 239 g/mol. The standard InChI is InChI=1S/C9H17NO4.ClH/c1-9(2,3)5(8(13)14-4)6(10)7(11)12;/h5-6H,10H2,1-4H3,(H,11,12);1H/t5?,6-;/m0./s1. The van der Waals surface area contributed by atoms with Gasteiger partial charge < -0.3 is 15.6 Å². The van der Waals surface area contributed by atoms with Gasteiger partial charge in [0.2, 0.25) is 0 Å². The summed E-state index contributed by atoms with van der Waals surface area (Å²) >= 11 is 0. The molecule has 0 aliphatic heterocycles. The Kier molecular flexibility index (Phi) is 6.56. The Morgan fingerprint density at radius 2 is 1.73 bits per heavy atom. The minimum absolute atomic E-state index is 0. The van der Waals surface area contributed by atoms with E-state index in [1.54, 1.807) is 20.8 Å². The molecule has 5 nitrogen and oxygen atoms in total. The van der Waals surface area contributed by atoms with Crippen LogP contribution in [0.15, 0.2) is 0 Å². The van der Waals surface area contributed by atoms with Crippen LogP contribution in [0.3, 0.4) is 0 Å². The summed E-state index contributed by atoms with van der Waals surface area (Å²) in [7, 11) is 1.22. The third-order valence-electron chi connectivity index (χ3n) is 2.03. The lowest BCUT2D eigenvalue weighted by Crippen LogP contribution is -2.48. The largest absolute Gasteiger partial charge is 0.480 e. The van der Waals surface area contributed by atoms with Crippen LogP contribution in [0, 0.1) is 11.3 Å². The molecule has 0 bridgehead atoms.